The van der Waals surface area contributed by atoms with Crippen LogP contribution in [-0.4, -0.2) is 40.4 Å². The quantitative estimate of drug-likeness (QED) is 0.509. The number of benzene rings is 3. The standard InChI is InChI=1S/C30H30FNO3/c1-19-10-11-21(31)14-20(19)15-30(34)16-22-12-13-23(17-30)32(22)29(33)35-18-28-26-8-4-2-6-24(26)25-7-3-5-9-27(25)28/h2-11,14,22-23,28,34H,12-13,15-18H2,1H3. The highest BCUT2D eigenvalue weighted by Crippen LogP contribution is 2.46. The van der Waals surface area contributed by atoms with Crippen LogP contribution in [0.4, 0.5) is 9.18 Å². The van der Waals surface area contributed by atoms with Gasteiger partial charge in [-0.05, 0) is 78.1 Å². The second-order valence-corrected chi connectivity index (χ2v) is 10.5. The van der Waals surface area contributed by atoms with E-state index >= 15 is 0 Å². The number of carbonyl (C=O) groups is 1. The minimum absolute atomic E-state index is 0.0293. The van der Waals surface area contributed by atoms with Crippen molar-refractivity contribution in [3.63, 3.8) is 0 Å². The first-order valence-electron chi connectivity index (χ1n) is 12.5. The van der Waals surface area contributed by atoms with Gasteiger partial charge in [-0.15, -0.1) is 0 Å². The van der Waals surface area contributed by atoms with Gasteiger partial charge in [-0.25, -0.2) is 9.18 Å². The largest absolute Gasteiger partial charge is 0.448 e. The molecule has 1 aliphatic carbocycles. The number of ether oxygens (including phenoxy) is 1. The third-order valence-corrected chi connectivity index (χ3v) is 8.23. The molecule has 2 bridgehead atoms. The Morgan fingerprint density at radius 3 is 2.23 bits per heavy atom. The highest BCUT2D eigenvalue weighted by atomic mass is 19.1. The molecule has 2 heterocycles. The van der Waals surface area contributed by atoms with Gasteiger partial charge >= 0.3 is 6.09 Å². The van der Waals surface area contributed by atoms with Crippen LogP contribution in [-0.2, 0) is 11.2 Å². The van der Waals surface area contributed by atoms with E-state index in [-0.39, 0.29) is 29.9 Å². The molecule has 35 heavy (non-hydrogen) atoms. The second-order valence-electron chi connectivity index (χ2n) is 10.5. The van der Waals surface area contributed by atoms with Gasteiger partial charge in [0.1, 0.15) is 12.4 Å². The third kappa shape index (κ3) is 3.92. The molecule has 5 heteroatoms. The predicted molar refractivity (Wildman–Crippen MR) is 133 cm³/mol. The Balaban J connectivity index is 1.15. The fourth-order valence-electron chi connectivity index (χ4n) is 6.62. The number of aryl methyl sites for hydroxylation is 1. The molecule has 0 spiro atoms. The molecule has 0 aromatic heterocycles. The molecule has 0 saturated carbocycles. The summed E-state index contributed by atoms with van der Waals surface area (Å²) in [5.41, 5.74) is 5.68. The fourth-order valence-corrected chi connectivity index (χ4v) is 6.62. The van der Waals surface area contributed by atoms with Gasteiger partial charge in [0, 0.05) is 24.4 Å². The van der Waals surface area contributed by atoms with Crippen LogP contribution in [0.25, 0.3) is 11.1 Å². The number of halogens is 1. The van der Waals surface area contributed by atoms with E-state index in [0.29, 0.717) is 25.9 Å². The normalized spacial score (nSPS) is 24.8. The minimum Gasteiger partial charge on any atom is -0.448 e. The minimum atomic E-state index is -0.940. The van der Waals surface area contributed by atoms with E-state index in [2.05, 4.69) is 24.3 Å². The number of hydrogen-bond donors (Lipinski definition) is 1. The topological polar surface area (TPSA) is 49.8 Å². The molecule has 180 valence electrons. The van der Waals surface area contributed by atoms with Crippen LogP contribution in [0.2, 0.25) is 0 Å². The van der Waals surface area contributed by atoms with Crippen LogP contribution in [0.1, 0.15) is 53.9 Å². The van der Waals surface area contributed by atoms with Crippen LogP contribution >= 0.6 is 0 Å². The van der Waals surface area contributed by atoms with Crippen molar-refractivity contribution in [1.82, 2.24) is 4.90 Å². The lowest BCUT2D eigenvalue weighted by atomic mass is 9.80. The van der Waals surface area contributed by atoms with Gasteiger partial charge in [0.25, 0.3) is 0 Å². The van der Waals surface area contributed by atoms with Gasteiger partial charge < -0.3 is 14.7 Å². The van der Waals surface area contributed by atoms with Gasteiger partial charge in [-0.2, -0.15) is 0 Å². The van der Waals surface area contributed by atoms with E-state index in [4.69, 9.17) is 4.74 Å². The number of amides is 1. The van der Waals surface area contributed by atoms with Crippen molar-refractivity contribution in [2.24, 2.45) is 0 Å². The van der Waals surface area contributed by atoms with Crippen LogP contribution in [0.3, 0.4) is 0 Å². The summed E-state index contributed by atoms with van der Waals surface area (Å²) in [6, 6.07) is 21.3. The summed E-state index contributed by atoms with van der Waals surface area (Å²) in [5.74, 6) is -0.255. The average molecular weight is 472 g/mol. The maximum atomic E-state index is 13.8. The molecule has 2 unspecified atom stereocenters. The maximum absolute atomic E-state index is 13.8. The molecule has 0 radical (unpaired) electrons. The van der Waals surface area contributed by atoms with Gasteiger partial charge in [0.15, 0.2) is 0 Å². The molecule has 3 aromatic rings. The second kappa shape index (κ2) is 8.49. The molecule has 1 N–H and O–H groups in total. The number of nitrogens with zero attached hydrogens (tertiary/aromatic N) is 1. The van der Waals surface area contributed by atoms with Crippen LogP contribution in [0.15, 0.2) is 66.7 Å². The zero-order valence-corrected chi connectivity index (χ0v) is 19.9. The number of rotatable bonds is 4. The highest BCUT2D eigenvalue weighted by Gasteiger charge is 2.50. The van der Waals surface area contributed by atoms with Crippen molar-refractivity contribution in [2.75, 3.05) is 6.61 Å². The number of piperidine rings is 1. The summed E-state index contributed by atoms with van der Waals surface area (Å²) < 4.78 is 19.7. The first-order valence-corrected chi connectivity index (χ1v) is 12.5. The first kappa shape index (κ1) is 22.3. The molecule has 2 saturated heterocycles. The Labute approximate surface area is 205 Å². The van der Waals surface area contributed by atoms with Gasteiger partial charge in [-0.3, -0.25) is 0 Å². The third-order valence-electron chi connectivity index (χ3n) is 8.23. The lowest BCUT2D eigenvalue weighted by molar-refractivity contribution is -0.0480. The van der Waals surface area contributed by atoms with E-state index in [1.54, 1.807) is 6.07 Å². The lowest BCUT2D eigenvalue weighted by Gasteiger charge is -2.43. The van der Waals surface area contributed by atoms with Crippen LogP contribution < -0.4 is 0 Å². The Morgan fingerprint density at radius 2 is 1.60 bits per heavy atom. The van der Waals surface area contributed by atoms with Crippen molar-refractivity contribution in [2.45, 2.75) is 62.6 Å². The van der Waals surface area contributed by atoms with Crippen LogP contribution in [0, 0.1) is 12.7 Å². The summed E-state index contributed by atoms with van der Waals surface area (Å²) in [5, 5.41) is 11.4. The Morgan fingerprint density at radius 1 is 1.00 bits per heavy atom. The number of fused-ring (bicyclic) bond motifs is 5. The van der Waals surface area contributed by atoms with E-state index in [1.807, 2.05) is 36.1 Å². The molecular weight excluding hydrogens is 441 g/mol. The molecule has 2 atom stereocenters. The molecule has 3 aliphatic rings. The monoisotopic (exact) mass is 471 g/mol. The van der Waals surface area contributed by atoms with Crippen molar-refractivity contribution in [3.8, 4) is 11.1 Å². The number of hydrogen-bond acceptors (Lipinski definition) is 3. The molecule has 2 aliphatic heterocycles. The van der Waals surface area contributed by atoms with Gasteiger partial charge in [0.2, 0.25) is 0 Å². The SMILES string of the molecule is Cc1ccc(F)cc1CC1(O)CC2CCC(C1)N2C(=O)OCC1c2ccccc2-c2ccccc21. The molecule has 6 rings (SSSR count). The van der Waals surface area contributed by atoms with Crippen molar-refractivity contribution in [1.29, 1.82) is 0 Å². The van der Waals surface area contributed by atoms with Gasteiger partial charge in [0.05, 0.1) is 5.60 Å². The molecule has 2 fully saturated rings. The zero-order valence-electron chi connectivity index (χ0n) is 19.9. The molecule has 3 aromatic carbocycles. The number of carbonyl (C=O) groups excluding carboxylic acids is 1. The first-order chi connectivity index (χ1) is 16.9. The summed E-state index contributed by atoms with van der Waals surface area (Å²) in [6.07, 6.45) is 2.82. The number of aliphatic hydroxyl groups is 1. The van der Waals surface area contributed by atoms with Gasteiger partial charge in [-0.1, -0.05) is 54.6 Å². The van der Waals surface area contributed by atoms with E-state index in [1.165, 1.54) is 34.4 Å². The Bertz CT molecular complexity index is 1230. The average Bonchev–Trinajstić information content (AvgIpc) is 3.32. The summed E-state index contributed by atoms with van der Waals surface area (Å²) in [4.78, 5) is 15.1. The van der Waals surface area contributed by atoms with Crippen molar-refractivity contribution >= 4 is 6.09 Å². The zero-order chi connectivity index (χ0) is 24.2. The fraction of sp³-hybridized carbons (Fsp3) is 0.367. The van der Waals surface area contributed by atoms with Crippen molar-refractivity contribution < 1.29 is 19.0 Å². The van der Waals surface area contributed by atoms with E-state index in [9.17, 15) is 14.3 Å². The molecule has 4 nitrogen and oxygen atoms in total. The van der Waals surface area contributed by atoms with Crippen molar-refractivity contribution in [3.05, 3.63) is 94.8 Å². The smallest absolute Gasteiger partial charge is 0.410 e. The molecule has 1 amide bonds. The maximum Gasteiger partial charge on any atom is 0.410 e. The molecular formula is C30H30FNO3. The lowest BCUT2D eigenvalue weighted by Crippen LogP contribution is -2.54. The Hall–Kier alpha value is -3.18. The predicted octanol–water partition coefficient (Wildman–Crippen LogP) is 5.98. The highest BCUT2D eigenvalue weighted by molar-refractivity contribution is 5.79. The van der Waals surface area contributed by atoms with Crippen LogP contribution in [0.5, 0.6) is 0 Å². The Kier molecular flexibility index (Phi) is 5.41. The van der Waals surface area contributed by atoms with E-state index in [0.717, 1.165) is 24.0 Å². The van der Waals surface area contributed by atoms with E-state index < -0.39 is 5.60 Å². The summed E-state index contributed by atoms with van der Waals surface area (Å²) >= 11 is 0. The summed E-state index contributed by atoms with van der Waals surface area (Å²) in [6.45, 7) is 2.24. The summed E-state index contributed by atoms with van der Waals surface area (Å²) in [7, 11) is 0.